The number of hydrazine groups is 1. The fourth-order valence-corrected chi connectivity index (χ4v) is 3.47. The topological polar surface area (TPSA) is 108 Å². The number of carbonyl (C=O) groups excluding carboxylic acids is 2. The Kier molecular flexibility index (Phi) is 6.83. The van der Waals surface area contributed by atoms with Gasteiger partial charge in [-0.2, -0.15) is 0 Å². The van der Waals surface area contributed by atoms with Gasteiger partial charge in [0.15, 0.2) is 0 Å². The van der Waals surface area contributed by atoms with E-state index in [0.29, 0.717) is 26.3 Å². The molecule has 28 heavy (non-hydrogen) atoms. The van der Waals surface area contributed by atoms with Crippen molar-refractivity contribution in [3.05, 3.63) is 35.9 Å². The van der Waals surface area contributed by atoms with Gasteiger partial charge in [-0.3, -0.25) is 15.0 Å². The Balaban J connectivity index is 1.57. The summed E-state index contributed by atoms with van der Waals surface area (Å²) in [6.07, 6.45) is -0.421. The molecule has 2 heterocycles. The van der Waals surface area contributed by atoms with E-state index in [0.717, 1.165) is 5.56 Å². The van der Waals surface area contributed by atoms with Crippen molar-refractivity contribution in [2.75, 3.05) is 39.4 Å². The highest BCUT2D eigenvalue weighted by Gasteiger charge is 2.38. The van der Waals surface area contributed by atoms with Gasteiger partial charge in [0, 0.05) is 26.2 Å². The molecule has 9 heteroatoms. The number of rotatable bonds is 5. The number of nitrogens with zero attached hydrogens (tertiary/aromatic N) is 2. The Hall–Kier alpha value is -2.65. The van der Waals surface area contributed by atoms with Crippen LogP contribution in [0.1, 0.15) is 12.0 Å². The van der Waals surface area contributed by atoms with E-state index >= 15 is 0 Å². The molecular formula is C19H25N3O6. The molecule has 0 radical (unpaired) electrons. The number of carboxylic acids is 1. The van der Waals surface area contributed by atoms with E-state index < -0.39 is 23.9 Å². The van der Waals surface area contributed by atoms with Gasteiger partial charge in [0.05, 0.1) is 25.0 Å². The van der Waals surface area contributed by atoms with Gasteiger partial charge < -0.3 is 19.5 Å². The highest BCUT2D eigenvalue weighted by Crippen LogP contribution is 2.23. The highest BCUT2D eigenvalue weighted by molar-refractivity contribution is 5.81. The Morgan fingerprint density at radius 1 is 1.11 bits per heavy atom. The first kappa shape index (κ1) is 20.1. The van der Waals surface area contributed by atoms with Crippen LogP contribution in [0.25, 0.3) is 0 Å². The third kappa shape index (κ3) is 5.43. The molecule has 0 aromatic heterocycles. The van der Waals surface area contributed by atoms with Gasteiger partial charge in [-0.05, 0) is 12.0 Å². The maximum absolute atomic E-state index is 12.8. The Labute approximate surface area is 163 Å². The number of aliphatic carboxylic acids is 1. The van der Waals surface area contributed by atoms with Crippen LogP contribution in [0.3, 0.4) is 0 Å². The third-order valence-corrected chi connectivity index (χ3v) is 4.93. The Morgan fingerprint density at radius 3 is 2.46 bits per heavy atom. The molecule has 2 aliphatic rings. The van der Waals surface area contributed by atoms with Gasteiger partial charge in [0.2, 0.25) is 5.91 Å². The SMILES string of the molecule is O=C(NN1C[C@@H](C(=O)O)C[C@@H](C(=O)N2CCOCC2)C1)OCc1ccccc1. The second-order valence-corrected chi connectivity index (χ2v) is 6.98. The van der Waals surface area contributed by atoms with Crippen LogP contribution in [0.2, 0.25) is 0 Å². The van der Waals surface area contributed by atoms with Crippen LogP contribution in [-0.2, 0) is 25.7 Å². The molecule has 0 bridgehead atoms. The fourth-order valence-electron chi connectivity index (χ4n) is 3.47. The molecule has 0 unspecified atom stereocenters. The van der Waals surface area contributed by atoms with Gasteiger partial charge in [0.25, 0.3) is 0 Å². The van der Waals surface area contributed by atoms with Crippen LogP contribution in [-0.4, -0.2) is 72.4 Å². The van der Waals surface area contributed by atoms with Crippen LogP contribution in [0.15, 0.2) is 30.3 Å². The third-order valence-electron chi connectivity index (χ3n) is 4.93. The van der Waals surface area contributed by atoms with Crippen LogP contribution >= 0.6 is 0 Å². The van der Waals surface area contributed by atoms with Gasteiger partial charge in [-0.1, -0.05) is 30.3 Å². The molecule has 1 aromatic rings. The lowest BCUT2D eigenvalue weighted by Gasteiger charge is -2.38. The molecule has 2 saturated heterocycles. The number of benzene rings is 1. The number of morpholine rings is 1. The number of ether oxygens (including phenoxy) is 2. The highest BCUT2D eigenvalue weighted by atomic mass is 16.6. The molecule has 0 saturated carbocycles. The summed E-state index contributed by atoms with van der Waals surface area (Å²) in [7, 11) is 0. The van der Waals surface area contributed by atoms with Crippen LogP contribution < -0.4 is 5.43 Å². The van der Waals surface area contributed by atoms with Crippen molar-refractivity contribution in [2.24, 2.45) is 11.8 Å². The van der Waals surface area contributed by atoms with E-state index in [1.54, 1.807) is 4.90 Å². The first-order valence-electron chi connectivity index (χ1n) is 9.34. The summed E-state index contributed by atoms with van der Waals surface area (Å²) in [6.45, 7) is 2.45. The van der Waals surface area contributed by atoms with Crippen molar-refractivity contribution in [3.8, 4) is 0 Å². The van der Waals surface area contributed by atoms with E-state index in [4.69, 9.17) is 9.47 Å². The number of amides is 2. The molecule has 2 aliphatic heterocycles. The smallest absolute Gasteiger partial charge is 0.422 e. The lowest BCUT2D eigenvalue weighted by molar-refractivity contribution is -0.149. The van der Waals surface area contributed by atoms with Crippen molar-refractivity contribution in [1.82, 2.24) is 15.3 Å². The first-order chi connectivity index (χ1) is 13.5. The van der Waals surface area contributed by atoms with Gasteiger partial charge in [0.1, 0.15) is 6.61 Å². The number of piperidine rings is 1. The molecule has 3 rings (SSSR count). The van der Waals surface area contributed by atoms with E-state index in [1.807, 2.05) is 30.3 Å². The largest absolute Gasteiger partial charge is 0.481 e. The molecule has 2 atom stereocenters. The predicted molar refractivity (Wildman–Crippen MR) is 98.0 cm³/mol. The summed E-state index contributed by atoms with van der Waals surface area (Å²) in [4.78, 5) is 38.1. The van der Waals surface area contributed by atoms with Crippen molar-refractivity contribution in [2.45, 2.75) is 13.0 Å². The first-order valence-corrected chi connectivity index (χ1v) is 9.34. The molecule has 2 N–H and O–H groups in total. The van der Waals surface area contributed by atoms with Crippen molar-refractivity contribution in [3.63, 3.8) is 0 Å². The zero-order valence-electron chi connectivity index (χ0n) is 15.6. The average Bonchev–Trinajstić information content (AvgIpc) is 2.73. The van der Waals surface area contributed by atoms with Crippen molar-refractivity contribution < 1.29 is 29.0 Å². The lowest BCUT2D eigenvalue weighted by Crippen LogP contribution is -2.56. The summed E-state index contributed by atoms with van der Waals surface area (Å²) in [5.41, 5.74) is 3.42. The summed E-state index contributed by atoms with van der Waals surface area (Å²) >= 11 is 0. The van der Waals surface area contributed by atoms with Crippen molar-refractivity contribution in [1.29, 1.82) is 0 Å². The lowest BCUT2D eigenvalue weighted by atomic mass is 9.89. The molecule has 0 aliphatic carbocycles. The van der Waals surface area contributed by atoms with Crippen molar-refractivity contribution >= 4 is 18.0 Å². The summed E-state index contributed by atoms with van der Waals surface area (Å²) in [5, 5.41) is 10.9. The van der Waals surface area contributed by atoms with E-state index in [-0.39, 0.29) is 32.0 Å². The summed E-state index contributed by atoms with van der Waals surface area (Å²) in [5.74, 6) is -2.32. The number of hydrogen-bond donors (Lipinski definition) is 2. The minimum absolute atomic E-state index is 0.0984. The summed E-state index contributed by atoms with van der Waals surface area (Å²) in [6, 6.07) is 9.24. The minimum Gasteiger partial charge on any atom is -0.481 e. The standard InChI is InChI=1S/C19H25N3O6/c23-17(21-6-8-27-9-7-21)15-10-16(18(24)25)12-22(11-15)20-19(26)28-13-14-4-2-1-3-5-14/h1-5,15-16H,6-13H2,(H,20,26)(H,24,25)/t15-,16+/m1/s1. The maximum Gasteiger partial charge on any atom is 0.422 e. The van der Waals surface area contributed by atoms with Crippen LogP contribution in [0.5, 0.6) is 0 Å². The Bertz CT molecular complexity index is 692. The second kappa shape index (κ2) is 9.52. The van der Waals surface area contributed by atoms with Crippen LogP contribution in [0.4, 0.5) is 4.79 Å². The molecule has 0 spiro atoms. The molecule has 2 amide bonds. The summed E-state index contributed by atoms with van der Waals surface area (Å²) < 4.78 is 10.4. The van der Waals surface area contributed by atoms with Gasteiger partial charge >= 0.3 is 12.1 Å². The quantitative estimate of drug-likeness (QED) is 0.761. The molecule has 2 fully saturated rings. The van der Waals surface area contributed by atoms with Gasteiger partial charge in [-0.15, -0.1) is 0 Å². The number of hydrogen-bond acceptors (Lipinski definition) is 6. The zero-order chi connectivity index (χ0) is 19.9. The molecular weight excluding hydrogens is 366 g/mol. The maximum atomic E-state index is 12.8. The number of nitrogens with one attached hydrogen (secondary N) is 1. The molecule has 9 nitrogen and oxygen atoms in total. The molecule has 1 aromatic carbocycles. The second-order valence-electron chi connectivity index (χ2n) is 6.98. The minimum atomic E-state index is -0.982. The number of carbonyl (C=O) groups is 3. The van der Waals surface area contributed by atoms with Crippen LogP contribution in [0, 0.1) is 11.8 Å². The average molecular weight is 391 g/mol. The normalized spacial score (nSPS) is 23.1. The predicted octanol–water partition coefficient (Wildman–Crippen LogP) is 0.709. The van der Waals surface area contributed by atoms with E-state index in [1.165, 1.54) is 5.01 Å². The monoisotopic (exact) mass is 391 g/mol. The molecule has 152 valence electrons. The number of carboxylic acid groups (broad SMARTS) is 1. The Morgan fingerprint density at radius 2 is 1.79 bits per heavy atom. The van der Waals surface area contributed by atoms with E-state index in [9.17, 15) is 19.5 Å². The fraction of sp³-hybridized carbons (Fsp3) is 0.526. The van der Waals surface area contributed by atoms with Gasteiger partial charge in [-0.25, -0.2) is 9.80 Å². The zero-order valence-corrected chi connectivity index (χ0v) is 15.6. The van der Waals surface area contributed by atoms with E-state index in [2.05, 4.69) is 5.43 Å².